The number of nitrogens with one attached hydrogen (secondary N) is 1. The zero-order chi connectivity index (χ0) is 15.7. The highest BCUT2D eigenvalue weighted by atomic mass is 35.5. The Balaban J connectivity index is 1.70. The van der Waals surface area contributed by atoms with Crippen molar-refractivity contribution in [3.8, 4) is 0 Å². The number of rotatable bonds is 2. The molecule has 2 fully saturated rings. The van der Waals surface area contributed by atoms with Crippen LogP contribution in [0.1, 0.15) is 36.0 Å². The fraction of sp³-hybridized carbons (Fsp3) is 0.588. The quantitative estimate of drug-likeness (QED) is 0.886. The van der Waals surface area contributed by atoms with E-state index < -0.39 is 0 Å². The minimum absolute atomic E-state index is 0.0440. The Morgan fingerprint density at radius 1 is 1.23 bits per heavy atom. The second kappa shape index (κ2) is 6.77. The van der Waals surface area contributed by atoms with Crippen molar-refractivity contribution in [3.05, 3.63) is 33.8 Å². The maximum atomic E-state index is 12.5. The summed E-state index contributed by atoms with van der Waals surface area (Å²) >= 11 is 11.9. The molecule has 3 atom stereocenters. The Morgan fingerprint density at radius 2 is 2.05 bits per heavy atom. The van der Waals surface area contributed by atoms with Gasteiger partial charge in [-0.15, -0.1) is 0 Å². The van der Waals surface area contributed by atoms with E-state index in [1.807, 2.05) is 0 Å². The summed E-state index contributed by atoms with van der Waals surface area (Å²) in [4.78, 5) is 14.9. The van der Waals surface area contributed by atoms with E-state index in [9.17, 15) is 4.79 Å². The third-order valence-electron chi connectivity index (χ3n) is 5.11. The number of amides is 1. The lowest BCUT2D eigenvalue weighted by atomic mass is 9.72. The molecule has 22 heavy (non-hydrogen) atoms. The van der Waals surface area contributed by atoms with Gasteiger partial charge in [-0.3, -0.25) is 4.79 Å². The maximum absolute atomic E-state index is 12.5. The highest BCUT2D eigenvalue weighted by molar-refractivity contribution is 6.42. The number of fused-ring (bicyclic) bond motifs is 1. The van der Waals surface area contributed by atoms with Crippen LogP contribution in [0.3, 0.4) is 0 Å². The van der Waals surface area contributed by atoms with Gasteiger partial charge in [0.2, 0.25) is 0 Å². The lowest BCUT2D eigenvalue weighted by Crippen LogP contribution is -2.52. The predicted octanol–water partition coefficient (Wildman–Crippen LogP) is 3.84. The van der Waals surface area contributed by atoms with E-state index in [0.29, 0.717) is 21.5 Å². The van der Waals surface area contributed by atoms with E-state index in [0.717, 1.165) is 18.9 Å². The third-order valence-corrected chi connectivity index (χ3v) is 5.85. The van der Waals surface area contributed by atoms with Gasteiger partial charge in [-0.1, -0.05) is 29.6 Å². The molecule has 3 nitrogen and oxygen atoms in total. The topological polar surface area (TPSA) is 32.3 Å². The molecule has 5 heteroatoms. The molecule has 1 heterocycles. The van der Waals surface area contributed by atoms with Gasteiger partial charge in [0.15, 0.2) is 0 Å². The minimum Gasteiger partial charge on any atom is -0.349 e. The van der Waals surface area contributed by atoms with E-state index >= 15 is 0 Å². The van der Waals surface area contributed by atoms with Crippen LogP contribution in [-0.4, -0.2) is 37.0 Å². The van der Waals surface area contributed by atoms with Crippen LogP contribution in [0, 0.1) is 11.8 Å². The summed E-state index contributed by atoms with van der Waals surface area (Å²) in [5.74, 6) is 1.28. The Hall–Kier alpha value is -0.770. The summed E-state index contributed by atoms with van der Waals surface area (Å²) in [5.41, 5.74) is 0.584. The SMILES string of the molecule is CN1CC[C@H]2CCCC(NC(=O)c3ccc(Cl)c(Cl)c3)[C@H]2C1. The second-order valence-corrected chi connectivity index (χ2v) is 7.43. The molecule has 1 saturated carbocycles. The van der Waals surface area contributed by atoms with Gasteiger partial charge in [0, 0.05) is 18.2 Å². The average molecular weight is 341 g/mol. The van der Waals surface area contributed by atoms with Gasteiger partial charge in [-0.2, -0.15) is 0 Å². The van der Waals surface area contributed by atoms with Gasteiger partial charge >= 0.3 is 0 Å². The summed E-state index contributed by atoms with van der Waals surface area (Å²) in [5, 5.41) is 4.14. The monoisotopic (exact) mass is 340 g/mol. The molecule has 1 aromatic carbocycles. The van der Waals surface area contributed by atoms with Crippen LogP contribution in [0.25, 0.3) is 0 Å². The number of benzene rings is 1. The molecule has 3 rings (SSSR count). The number of carbonyl (C=O) groups excluding carboxylic acids is 1. The number of nitrogens with zero attached hydrogens (tertiary/aromatic N) is 1. The molecule has 2 aliphatic rings. The zero-order valence-electron chi connectivity index (χ0n) is 12.8. The minimum atomic E-state index is -0.0440. The van der Waals surface area contributed by atoms with Crippen LogP contribution < -0.4 is 5.32 Å². The highest BCUT2D eigenvalue weighted by Crippen LogP contribution is 2.36. The van der Waals surface area contributed by atoms with Crippen molar-refractivity contribution in [2.45, 2.75) is 31.7 Å². The predicted molar refractivity (Wildman–Crippen MR) is 90.7 cm³/mol. The molecule has 120 valence electrons. The molecule has 1 N–H and O–H groups in total. The summed E-state index contributed by atoms with van der Waals surface area (Å²) in [6.45, 7) is 2.26. The number of piperidine rings is 1. The van der Waals surface area contributed by atoms with Gasteiger partial charge < -0.3 is 10.2 Å². The first-order chi connectivity index (χ1) is 10.5. The normalized spacial score (nSPS) is 29.0. The lowest BCUT2D eigenvalue weighted by molar-refractivity contribution is 0.0650. The first kappa shape index (κ1) is 16.1. The third kappa shape index (κ3) is 3.42. The lowest BCUT2D eigenvalue weighted by Gasteiger charge is -2.44. The summed E-state index contributed by atoms with van der Waals surface area (Å²) in [6.07, 6.45) is 4.83. The maximum Gasteiger partial charge on any atom is 0.251 e. The molecule has 0 aromatic heterocycles. The Bertz CT molecular complexity index is 564. The van der Waals surface area contributed by atoms with Gasteiger partial charge in [-0.25, -0.2) is 0 Å². The number of halogens is 2. The molecule has 1 aliphatic heterocycles. The van der Waals surface area contributed by atoms with Crippen LogP contribution in [0.15, 0.2) is 18.2 Å². The van der Waals surface area contributed by atoms with Crippen molar-refractivity contribution in [3.63, 3.8) is 0 Å². The summed E-state index contributed by atoms with van der Waals surface area (Å²) < 4.78 is 0. The highest BCUT2D eigenvalue weighted by Gasteiger charge is 2.37. The van der Waals surface area contributed by atoms with E-state index in [1.165, 1.54) is 25.8 Å². The molecule has 1 aliphatic carbocycles. The Morgan fingerprint density at radius 3 is 2.82 bits per heavy atom. The van der Waals surface area contributed by atoms with E-state index in [2.05, 4.69) is 17.3 Å². The smallest absolute Gasteiger partial charge is 0.251 e. The fourth-order valence-electron chi connectivity index (χ4n) is 3.90. The van der Waals surface area contributed by atoms with Gasteiger partial charge in [0.25, 0.3) is 5.91 Å². The standard InChI is InChI=1S/C17H22Cl2N2O/c1-21-8-7-11-3-2-4-16(13(11)10-21)20-17(22)12-5-6-14(18)15(19)9-12/h5-6,9,11,13,16H,2-4,7-8,10H2,1H3,(H,20,22)/t11-,13+,16?/m1/s1. The molecular weight excluding hydrogens is 319 g/mol. The number of hydrogen-bond donors (Lipinski definition) is 1. The second-order valence-electron chi connectivity index (χ2n) is 6.61. The van der Waals surface area contributed by atoms with Gasteiger partial charge in [0.1, 0.15) is 0 Å². The first-order valence-electron chi connectivity index (χ1n) is 7.99. The molecule has 0 radical (unpaired) electrons. The largest absolute Gasteiger partial charge is 0.349 e. The van der Waals surface area contributed by atoms with E-state index in [-0.39, 0.29) is 11.9 Å². The van der Waals surface area contributed by atoms with E-state index in [1.54, 1.807) is 18.2 Å². The van der Waals surface area contributed by atoms with Crippen LogP contribution >= 0.6 is 23.2 Å². The van der Waals surface area contributed by atoms with Gasteiger partial charge in [-0.05, 0) is 62.9 Å². The molecule has 1 aromatic rings. The number of hydrogen-bond acceptors (Lipinski definition) is 2. The molecule has 1 saturated heterocycles. The number of likely N-dealkylation sites (tertiary alicyclic amines) is 1. The molecular formula is C17H22Cl2N2O. The van der Waals surface area contributed by atoms with Crippen molar-refractivity contribution in [2.75, 3.05) is 20.1 Å². The van der Waals surface area contributed by atoms with Crippen LogP contribution in [0.4, 0.5) is 0 Å². The van der Waals surface area contributed by atoms with Crippen LogP contribution in [0.2, 0.25) is 10.0 Å². The molecule has 0 bridgehead atoms. The van der Waals surface area contributed by atoms with Crippen molar-refractivity contribution in [2.24, 2.45) is 11.8 Å². The summed E-state index contributed by atoms with van der Waals surface area (Å²) in [6, 6.07) is 5.32. The van der Waals surface area contributed by atoms with Crippen molar-refractivity contribution >= 4 is 29.1 Å². The average Bonchev–Trinajstić information content (AvgIpc) is 2.50. The Labute approximate surface area is 142 Å². The van der Waals surface area contributed by atoms with Crippen molar-refractivity contribution in [1.29, 1.82) is 0 Å². The van der Waals surface area contributed by atoms with Crippen molar-refractivity contribution < 1.29 is 4.79 Å². The number of carbonyl (C=O) groups is 1. The molecule has 1 unspecified atom stereocenters. The van der Waals surface area contributed by atoms with Crippen LogP contribution in [0.5, 0.6) is 0 Å². The first-order valence-corrected chi connectivity index (χ1v) is 8.74. The van der Waals surface area contributed by atoms with Crippen LogP contribution in [-0.2, 0) is 0 Å². The van der Waals surface area contributed by atoms with E-state index in [4.69, 9.17) is 23.2 Å². The fourth-order valence-corrected chi connectivity index (χ4v) is 4.20. The Kier molecular flexibility index (Phi) is 4.96. The zero-order valence-corrected chi connectivity index (χ0v) is 14.3. The molecule has 0 spiro atoms. The molecule has 1 amide bonds. The van der Waals surface area contributed by atoms with Gasteiger partial charge in [0.05, 0.1) is 10.0 Å². The van der Waals surface area contributed by atoms with Crippen molar-refractivity contribution in [1.82, 2.24) is 10.2 Å². The summed E-state index contributed by atoms with van der Waals surface area (Å²) in [7, 11) is 2.17.